The number of anilines is 2. The number of pyridine rings is 1. The molecule has 0 aliphatic carbocycles. The van der Waals surface area contributed by atoms with Gasteiger partial charge in [-0.2, -0.15) is 9.50 Å². The number of fused-ring (bicyclic) bond motifs is 1. The van der Waals surface area contributed by atoms with Gasteiger partial charge in [0.1, 0.15) is 5.82 Å². The van der Waals surface area contributed by atoms with Gasteiger partial charge in [0.15, 0.2) is 5.82 Å². The van der Waals surface area contributed by atoms with E-state index in [0.717, 1.165) is 61.5 Å². The number of nitrogens with one attached hydrogen (secondary N) is 1. The van der Waals surface area contributed by atoms with Gasteiger partial charge in [-0.05, 0) is 62.1 Å². The highest BCUT2D eigenvalue weighted by Crippen LogP contribution is 2.23. The van der Waals surface area contributed by atoms with Gasteiger partial charge in [0.05, 0.1) is 0 Å². The second kappa shape index (κ2) is 9.36. The number of hydrogen-bond acceptors (Lipinski definition) is 6. The molecule has 1 aliphatic heterocycles. The van der Waals surface area contributed by atoms with Crippen molar-refractivity contribution in [1.82, 2.24) is 29.5 Å². The maximum atomic E-state index is 12.8. The molecule has 8 heteroatoms. The minimum atomic E-state index is 0.107. The lowest BCUT2D eigenvalue weighted by atomic mass is 10.1. The summed E-state index contributed by atoms with van der Waals surface area (Å²) in [6.45, 7) is 3.82. The maximum Gasteiger partial charge on any atom is 0.254 e. The van der Waals surface area contributed by atoms with Gasteiger partial charge in [0.2, 0.25) is 0 Å². The monoisotopic (exact) mass is 441 g/mol. The van der Waals surface area contributed by atoms with E-state index in [1.165, 1.54) is 6.42 Å². The molecule has 4 aromatic rings. The average Bonchev–Trinajstić information content (AvgIpc) is 3.30. The van der Waals surface area contributed by atoms with Gasteiger partial charge in [-0.1, -0.05) is 13.3 Å². The summed E-state index contributed by atoms with van der Waals surface area (Å²) in [4.78, 5) is 28.2. The summed E-state index contributed by atoms with van der Waals surface area (Å²) < 4.78 is 1.72. The van der Waals surface area contributed by atoms with Crippen molar-refractivity contribution in [1.29, 1.82) is 0 Å². The Morgan fingerprint density at radius 3 is 2.61 bits per heavy atom. The molecule has 1 aromatic carbocycles. The predicted molar refractivity (Wildman–Crippen MR) is 127 cm³/mol. The molecule has 0 unspecified atom stereocenters. The molecule has 1 fully saturated rings. The summed E-state index contributed by atoms with van der Waals surface area (Å²) in [5.74, 6) is 2.00. The zero-order chi connectivity index (χ0) is 22.6. The number of piperidine rings is 1. The zero-order valence-electron chi connectivity index (χ0n) is 18.7. The van der Waals surface area contributed by atoms with E-state index in [9.17, 15) is 4.79 Å². The van der Waals surface area contributed by atoms with Crippen molar-refractivity contribution in [3.8, 4) is 11.4 Å². The average molecular weight is 442 g/mol. The van der Waals surface area contributed by atoms with Gasteiger partial charge < -0.3 is 10.2 Å². The zero-order valence-corrected chi connectivity index (χ0v) is 18.7. The lowest BCUT2D eigenvalue weighted by molar-refractivity contribution is 0.0724. The Labute approximate surface area is 192 Å². The largest absolute Gasteiger partial charge is 0.340 e. The first kappa shape index (κ1) is 21.1. The summed E-state index contributed by atoms with van der Waals surface area (Å²) in [5.41, 5.74) is 3.38. The Hall–Kier alpha value is -3.81. The van der Waals surface area contributed by atoms with Crippen LogP contribution in [0.15, 0.2) is 54.9 Å². The first-order chi connectivity index (χ1) is 16.2. The Bertz CT molecular complexity index is 1250. The van der Waals surface area contributed by atoms with E-state index in [0.29, 0.717) is 17.2 Å². The molecule has 0 atom stereocenters. The molecule has 33 heavy (non-hydrogen) atoms. The Kier molecular flexibility index (Phi) is 5.97. The highest BCUT2D eigenvalue weighted by molar-refractivity contribution is 5.94. The quantitative estimate of drug-likeness (QED) is 0.474. The number of aromatic nitrogens is 5. The number of carbonyl (C=O) groups excluding carboxylic acids is 1. The summed E-state index contributed by atoms with van der Waals surface area (Å²) >= 11 is 0. The molecule has 1 aliphatic rings. The molecule has 0 bridgehead atoms. The van der Waals surface area contributed by atoms with Gasteiger partial charge in [-0.3, -0.25) is 9.78 Å². The first-order valence-electron chi connectivity index (χ1n) is 11.5. The van der Waals surface area contributed by atoms with Gasteiger partial charge in [-0.25, -0.2) is 4.98 Å². The van der Waals surface area contributed by atoms with Crippen molar-refractivity contribution in [2.24, 2.45) is 0 Å². The summed E-state index contributed by atoms with van der Waals surface area (Å²) in [6.07, 6.45) is 8.68. The number of aryl methyl sites for hydroxylation is 1. The molecule has 1 saturated heterocycles. The van der Waals surface area contributed by atoms with E-state index in [2.05, 4.69) is 32.3 Å². The van der Waals surface area contributed by atoms with E-state index in [1.54, 1.807) is 16.9 Å². The molecule has 1 amide bonds. The highest BCUT2D eigenvalue weighted by Gasteiger charge is 2.18. The van der Waals surface area contributed by atoms with Crippen LogP contribution in [0, 0.1) is 0 Å². The van der Waals surface area contributed by atoms with Crippen molar-refractivity contribution in [3.63, 3.8) is 0 Å². The van der Waals surface area contributed by atoms with Crippen molar-refractivity contribution < 1.29 is 4.79 Å². The second-order valence-corrected chi connectivity index (χ2v) is 8.33. The fourth-order valence-corrected chi connectivity index (χ4v) is 4.13. The molecular formula is C25H27N7O. The summed E-state index contributed by atoms with van der Waals surface area (Å²) in [7, 11) is 0. The third kappa shape index (κ3) is 4.55. The van der Waals surface area contributed by atoms with Crippen LogP contribution in [0.25, 0.3) is 17.2 Å². The third-order valence-electron chi connectivity index (χ3n) is 5.84. The molecule has 8 nitrogen and oxygen atoms in total. The molecule has 5 rings (SSSR count). The minimum absolute atomic E-state index is 0.107. The van der Waals surface area contributed by atoms with Crippen LogP contribution in [0.2, 0.25) is 0 Å². The predicted octanol–water partition coefficient (Wildman–Crippen LogP) is 4.51. The van der Waals surface area contributed by atoms with E-state index >= 15 is 0 Å². The fourth-order valence-electron chi connectivity index (χ4n) is 4.13. The smallest absolute Gasteiger partial charge is 0.254 e. The maximum absolute atomic E-state index is 12.8. The van der Waals surface area contributed by atoms with Gasteiger partial charge >= 0.3 is 0 Å². The Morgan fingerprint density at radius 2 is 1.88 bits per heavy atom. The number of benzene rings is 1. The highest BCUT2D eigenvalue weighted by atomic mass is 16.2. The molecular weight excluding hydrogens is 414 g/mol. The van der Waals surface area contributed by atoms with Crippen LogP contribution in [0.5, 0.6) is 0 Å². The van der Waals surface area contributed by atoms with Crippen LogP contribution in [0.1, 0.15) is 48.7 Å². The van der Waals surface area contributed by atoms with E-state index in [-0.39, 0.29) is 5.91 Å². The van der Waals surface area contributed by atoms with Crippen LogP contribution < -0.4 is 5.32 Å². The SMILES string of the molecule is CCCc1cc(Nc2ccc(C(=O)N3CCCCC3)cc2)n2nc(-c3cccnc3)nc2n1. The van der Waals surface area contributed by atoms with Crippen LogP contribution >= 0.6 is 0 Å². The van der Waals surface area contributed by atoms with Crippen molar-refractivity contribution >= 4 is 23.2 Å². The van der Waals surface area contributed by atoms with Crippen molar-refractivity contribution in [3.05, 3.63) is 66.1 Å². The van der Waals surface area contributed by atoms with Crippen molar-refractivity contribution in [2.75, 3.05) is 18.4 Å². The lowest BCUT2D eigenvalue weighted by Crippen LogP contribution is -2.35. The number of likely N-dealkylation sites (tertiary alicyclic amines) is 1. The number of nitrogens with zero attached hydrogens (tertiary/aromatic N) is 6. The van der Waals surface area contributed by atoms with Crippen LogP contribution in [0.4, 0.5) is 11.5 Å². The first-order valence-corrected chi connectivity index (χ1v) is 11.5. The third-order valence-corrected chi connectivity index (χ3v) is 5.84. The topological polar surface area (TPSA) is 88.3 Å². The van der Waals surface area contributed by atoms with Crippen LogP contribution in [-0.2, 0) is 6.42 Å². The molecule has 4 heterocycles. The second-order valence-electron chi connectivity index (χ2n) is 8.33. The molecule has 0 saturated carbocycles. The number of carbonyl (C=O) groups is 1. The van der Waals surface area contributed by atoms with Gasteiger partial charge in [0, 0.05) is 54.1 Å². The van der Waals surface area contributed by atoms with Crippen LogP contribution in [-0.4, -0.2) is 48.5 Å². The molecule has 168 valence electrons. The van der Waals surface area contributed by atoms with Crippen molar-refractivity contribution in [2.45, 2.75) is 39.0 Å². The summed E-state index contributed by atoms with van der Waals surface area (Å²) in [6, 6.07) is 13.4. The number of amides is 1. The minimum Gasteiger partial charge on any atom is -0.340 e. The molecule has 1 N–H and O–H groups in total. The van der Waals surface area contributed by atoms with E-state index in [4.69, 9.17) is 0 Å². The Morgan fingerprint density at radius 1 is 1.06 bits per heavy atom. The van der Waals surface area contributed by atoms with Gasteiger partial charge in [0.25, 0.3) is 11.7 Å². The lowest BCUT2D eigenvalue weighted by Gasteiger charge is -2.26. The standard InChI is InChI=1S/C25H27N7O/c1-2-7-21-16-22(32-25(28-21)29-23(30-32)19-8-6-13-26-17-19)27-20-11-9-18(10-12-20)24(33)31-14-4-3-5-15-31/h6,8-13,16-17,27H,2-5,7,14-15H2,1H3. The van der Waals surface area contributed by atoms with E-state index in [1.807, 2.05) is 47.4 Å². The fraction of sp³-hybridized carbons (Fsp3) is 0.320. The van der Waals surface area contributed by atoms with Gasteiger partial charge in [-0.15, -0.1) is 5.10 Å². The van der Waals surface area contributed by atoms with Crippen LogP contribution in [0.3, 0.4) is 0 Å². The normalized spacial score (nSPS) is 13.9. The molecule has 0 radical (unpaired) electrons. The Balaban J connectivity index is 1.43. The van der Waals surface area contributed by atoms with E-state index < -0.39 is 0 Å². The summed E-state index contributed by atoms with van der Waals surface area (Å²) in [5, 5.41) is 8.10. The molecule has 3 aromatic heterocycles. The number of rotatable bonds is 6. The number of hydrogen-bond donors (Lipinski definition) is 1. The molecule has 0 spiro atoms.